The number of para-hydroxylation sites is 1. The molecule has 0 heterocycles. The van der Waals surface area contributed by atoms with E-state index in [1.54, 1.807) is 44.4 Å². The second-order valence-electron chi connectivity index (χ2n) is 7.14. The summed E-state index contributed by atoms with van der Waals surface area (Å²) in [5, 5.41) is 2.81. The van der Waals surface area contributed by atoms with E-state index in [4.69, 9.17) is 9.47 Å². The Hall–Kier alpha value is -3.52. The summed E-state index contributed by atoms with van der Waals surface area (Å²) in [5.74, 6) is 0.991. The zero-order chi connectivity index (χ0) is 23.0. The van der Waals surface area contributed by atoms with Crippen LogP contribution in [0.5, 0.6) is 11.5 Å². The summed E-state index contributed by atoms with van der Waals surface area (Å²) in [6.07, 6.45) is 0.690. The molecule has 0 atom stereocenters. The highest BCUT2D eigenvalue weighted by Gasteiger charge is 2.16. The fraction of sp³-hybridized carbons (Fsp3) is 0.208. The number of ether oxygens (including phenoxy) is 2. The van der Waals surface area contributed by atoms with Gasteiger partial charge in [-0.1, -0.05) is 30.3 Å². The average molecular weight is 455 g/mol. The first-order valence-electron chi connectivity index (χ1n) is 10.1. The molecule has 7 nitrogen and oxygen atoms in total. The number of anilines is 1. The van der Waals surface area contributed by atoms with Crippen LogP contribution >= 0.6 is 0 Å². The summed E-state index contributed by atoms with van der Waals surface area (Å²) in [7, 11) is -2.10. The SMILES string of the molecule is COc1ccc(CCNC(=O)COc2ccc(S(=O)(=O)Nc3ccccc3)cc2C)cc1. The van der Waals surface area contributed by atoms with Gasteiger partial charge in [0.2, 0.25) is 0 Å². The topological polar surface area (TPSA) is 93.7 Å². The van der Waals surface area contributed by atoms with E-state index in [1.807, 2.05) is 30.3 Å². The van der Waals surface area contributed by atoms with Crippen LogP contribution in [-0.2, 0) is 21.2 Å². The molecule has 0 aliphatic carbocycles. The number of rotatable bonds is 10. The van der Waals surface area contributed by atoms with Gasteiger partial charge >= 0.3 is 0 Å². The fourth-order valence-electron chi connectivity index (χ4n) is 3.00. The number of aryl methyl sites for hydroxylation is 1. The number of amides is 1. The Bertz CT molecular complexity index is 1150. The van der Waals surface area contributed by atoms with Crippen molar-refractivity contribution in [2.75, 3.05) is 25.0 Å². The van der Waals surface area contributed by atoms with Gasteiger partial charge in [0.15, 0.2) is 6.61 Å². The van der Waals surface area contributed by atoms with Gasteiger partial charge in [0.1, 0.15) is 11.5 Å². The normalized spacial score (nSPS) is 10.9. The summed E-state index contributed by atoms with van der Waals surface area (Å²) >= 11 is 0. The van der Waals surface area contributed by atoms with Gasteiger partial charge < -0.3 is 14.8 Å². The minimum absolute atomic E-state index is 0.121. The molecule has 0 radical (unpaired) electrons. The molecule has 3 aromatic rings. The molecule has 0 saturated carbocycles. The van der Waals surface area contributed by atoms with Crippen molar-refractivity contribution in [1.82, 2.24) is 5.32 Å². The molecule has 1 amide bonds. The van der Waals surface area contributed by atoms with Crippen LogP contribution in [0.15, 0.2) is 77.7 Å². The average Bonchev–Trinajstić information content (AvgIpc) is 2.79. The molecule has 0 unspecified atom stereocenters. The van der Waals surface area contributed by atoms with E-state index < -0.39 is 10.0 Å². The van der Waals surface area contributed by atoms with Gasteiger partial charge in [0.05, 0.1) is 12.0 Å². The molecular weight excluding hydrogens is 428 g/mol. The Morgan fingerprint density at radius 1 is 0.969 bits per heavy atom. The lowest BCUT2D eigenvalue weighted by Crippen LogP contribution is -2.30. The van der Waals surface area contributed by atoms with Crippen molar-refractivity contribution < 1.29 is 22.7 Å². The van der Waals surface area contributed by atoms with Crippen LogP contribution in [0.1, 0.15) is 11.1 Å². The monoisotopic (exact) mass is 454 g/mol. The molecule has 3 rings (SSSR count). The maximum absolute atomic E-state index is 12.6. The van der Waals surface area contributed by atoms with E-state index in [2.05, 4.69) is 10.0 Å². The fourth-order valence-corrected chi connectivity index (χ4v) is 4.15. The van der Waals surface area contributed by atoms with Gasteiger partial charge in [-0.25, -0.2) is 8.42 Å². The minimum Gasteiger partial charge on any atom is -0.497 e. The molecule has 8 heteroatoms. The van der Waals surface area contributed by atoms with Crippen LogP contribution < -0.4 is 19.5 Å². The van der Waals surface area contributed by atoms with Crippen molar-refractivity contribution >= 4 is 21.6 Å². The summed E-state index contributed by atoms with van der Waals surface area (Å²) in [6.45, 7) is 2.06. The second-order valence-corrected chi connectivity index (χ2v) is 8.82. The van der Waals surface area contributed by atoms with E-state index in [9.17, 15) is 13.2 Å². The van der Waals surface area contributed by atoms with Crippen LogP contribution in [-0.4, -0.2) is 34.6 Å². The summed E-state index contributed by atoms with van der Waals surface area (Å²) in [5.41, 5.74) is 2.19. The first-order valence-corrected chi connectivity index (χ1v) is 11.6. The summed E-state index contributed by atoms with van der Waals surface area (Å²) in [6, 6.07) is 20.8. The van der Waals surface area contributed by atoms with Crippen molar-refractivity contribution in [1.29, 1.82) is 0 Å². The van der Waals surface area contributed by atoms with Gasteiger partial charge in [-0.05, 0) is 66.9 Å². The predicted octanol–water partition coefficient (Wildman–Crippen LogP) is 3.54. The Morgan fingerprint density at radius 2 is 1.69 bits per heavy atom. The van der Waals surface area contributed by atoms with Crippen LogP contribution in [0.4, 0.5) is 5.69 Å². The van der Waals surface area contributed by atoms with Crippen molar-refractivity contribution in [2.24, 2.45) is 0 Å². The van der Waals surface area contributed by atoms with E-state index in [0.717, 1.165) is 11.3 Å². The van der Waals surface area contributed by atoms with Crippen molar-refractivity contribution in [3.63, 3.8) is 0 Å². The first kappa shape index (κ1) is 23.1. The molecule has 0 bridgehead atoms. The third-order valence-corrected chi connectivity index (χ3v) is 6.12. The summed E-state index contributed by atoms with van der Waals surface area (Å²) < 4.78 is 38.4. The molecule has 0 saturated heterocycles. The zero-order valence-corrected chi connectivity index (χ0v) is 18.8. The van der Waals surface area contributed by atoms with Gasteiger partial charge in [0.25, 0.3) is 15.9 Å². The Kier molecular flexibility index (Phi) is 7.72. The van der Waals surface area contributed by atoms with Gasteiger partial charge in [-0.2, -0.15) is 0 Å². The quantitative estimate of drug-likeness (QED) is 0.489. The third kappa shape index (κ3) is 6.49. The van der Waals surface area contributed by atoms with E-state index in [-0.39, 0.29) is 17.4 Å². The molecule has 0 fully saturated rings. The molecule has 0 spiro atoms. The number of benzene rings is 3. The largest absolute Gasteiger partial charge is 0.497 e. The Morgan fingerprint density at radius 3 is 2.34 bits per heavy atom. The van der Waals surface area contributed by atoms with E-state index >= 15 is 0 Å². The molecule has 168 valence electrons. The number of methoxy groups -OCH3 is 1. The first-order chi connectivity index (χ1) is 15.4. The third-order valence-electron chi connectivity index (χ3n) is 4.74. The van der Waals surface area contributed by atoms with Crippen LogP contribution in [0, 0.1) is 6.92 Å². The van der Waals surface area contributed by atoms with Crippen molar-refractivity contribution in [2.45, 2.75) is 18.2 Å². The molecule has 2 N–H and O–H groups in total. The smallest absolute Gasteiger partial charge is 0.261 e. The van der Waals surface area contributed by atoms with Crippen molar-refractivity contribution in [3.8, 4) is 11.5 Å². The van der Waals surface area contributed by atoms with Gasteiger partial charge in [0, 0.05) is 12.2 Å². The molecular formula is C24H26N2O5S. The summed E-state index contributed by atoms with van der Waals surface area (Å²) in [4.78, 5) is 12.2. The Balaban J connectivity index is 1.50. The lowest BCUT2D eigenvalue weighted by atomic mass is 10.1. The molecule has 32 heavy (non-hydrogen) atoms. The molecule has 0 aliphatic rings. The predicted molar refractivity (Wildman–Crippen MR) is 124 cm³/mol. The number of carbonyl (C=O) groups is 1. The number of sulfonamides is 1. The zero-order valence-electron chi connectivity index (χ0n) is 18.0. The van der Waals surface area contributed by atoms with E-state index in [1.165, 1.54) is 12.1 Å². The number of carbonyl (C=O) groups excluding carboxylic acids is 1. The maximum Gasteiger partial charge on any atom is 0.261 e. The van der Waals surface area contributed by atoms with Crippen molar-refractivity contribution in [3.05, 3.63) is 83.9 Å². The number of hydrogen-bond donors (Lipinski definition) is 2. The highest BCUT2D eigenvalue weighted by Crippen LogP contribution is 2.23. The van der Waals surface area contributed by atoms with Crippen LogP contribution in [0.3, 0.4) is 0 Å². The molecule has 0 aliphatic heterocycles. The standard InChI is InChI=1S/C24H26N2O5S/c1-18-16-22(32(28,29)26-20-6-4-3-5-7-20)12-13-23(18)31-17-24(27)25-15-14-19-8-10-21(30-2)11-9-19/h3-13,16,26H,14-15,17H2,1-2H3,(H,25,27). The van der Waals surface area contributed by atoms with Gasteiger partial charge in [-0.3, -0.25) is 9.52 Å². The highest BCUT2D eigenvalue weighted by molar-refractivity contribution is 7.92. The lowest BCUT2D eigenvalue weighted by molar-refractivity contribution is -0.123. The molecule has 0 aromatic heterocycles. The van der Waals surface area contributed by atoms with Gasteiger partial charge in [-0.15, -0.1) is 0 Å². The van der Waals surface area contributed by atoms with E-state index in [0.29, 0.717) is 30.0 Å². The lowest BCUT2D eigenvalue weighted by Gasteiger charge is -2.12. The molecule has 3 aromatic carbocycles. The maximum atomic E-state index is 12.6. The van der Waals surface area contributed by atoms with Crippen LogP contribution in [0.25, 0.3) is 0 Å². The van der Waals surface area contributed by atoms with Crippen LogP contribution in [0.2, 0.25) is 0 Å². The number of nitrogens with one attached hydrogen (secondary N) is 2. The minimum atomic E-state index is -3.72. The number of hydrogen-bond acceptors (Lipinski definition) is 5. The second kappa shape index (κ2) is 10.7. The Labute approximate surface area is 188 Å². The highest BCUT2D eigenvalue weighted by atomic mass is 32.2.